The van der Waals surface area contributed by atoms with E-state index in [4.69, 9.17) is 46.4 Å². The lowest BCUT2D eigenvalue weighted by Gasteiger charge is -2.35. The summed E-state index contributed by atoms with van der Waals surface area (Å²) in [7, 11) is -3.99. The van der Waals surface area contributed by atoms with E-state index >= 15 is 0 Å². The Morgan fingerprint density at radius 3 is 2.00 bits per heavy atom. The minimum Gasteiger partial charge on any atom is -0.350 e. The summed E-state index contributed by atoms with van der Waals surface area (Å²) in [6.45, 7) is 4.79. The Bertz CT molecular complexity index is 1510. The second-order valence-corrected chi connectivity index (χ2v) is 14.2. The van der Waals surface area contributed by atoms with Crippen LogP contribution in [0.2, 0.25) is 20.1 Å². The first-order valence-electron chi connectivity index (χ1n) is 12.6. The third-order valence-electron chi connectivity index (χ3n) is 5.98. The summed E-state index contributed by atoms with van der Waals surface area (Å²) in [4.78, 5) is 29.2. The van der Waals surface area contributed by atoms with E-state index in [9.17, 15) is 18.0 Å². The highest BCUT2D eigenvalue weighted by molar-refractivity contribution is 7.92. The van der Waals surface area contributed by atoms with E-state index in [-0.39, 0.29) is 23.7 Å². The minimum absolute atomic E-state index is 0.0503. The molecule has 1 N–H and O–H groups in total. The molecule has 0 aromatic heterocycles. The normalized spacial score (nSPS) is 12.5. The zero-order chi connectivity index (χ0) is 30.5. The number of anilines is 1. The van der Waals surface area contributed by atoms with Crippen molar-refractivity contribution in [2.45, 2.75) is 45.3 Å². The van der Waals surface area contributed by atoms with Crippen LogP contribution in [0, 0.1) is 0 Å². The quantitative estimate of drug-likeness (QED) is 0.265. The molecular weight excluding hydrogens is 628 g/mol. The number of benzene rings is 3. The first-order chi connectivity index (χ1) is 19.0. The van der Waals surface area contributed by atoms with Crippen LogP contribution < -0.4 is 9.62 Å². The molecule has 0 heterocycles. The molecule has 0 aliphatic carbocycles. The van der Waals surface area contributed by atoms with Crippen molar-refractivity contribution in [1.29, 1.82) is 0 Å². The van der Waals surface area contributed by atoms with Crippen molar-refractivity contribution in [2.75, 3.05) is 17.1 Å². The van der Waals surface area contributed by atoms with Crippen molar-refractivity contribution in [3.63, 3.8) is 0 Å². The number of sulfonamides is 1. The molecule has 0 radical (unpaired) electrons. The van der Waals surface area contributed by atoms with Gasteiger partial charge in [0.1, 0.15) is 12.6 Å². The van der Waals surface area contributed by atoms with Gasteiger partial charge in [-0.2, -0.15) is 0 Å². The van der Waals surface area contributed by atoms with Gasteiger partial charge in [0.05, 0.1) is 17.0 Å². The smallest absolute Gasteiger partial charge is 0.244 e. The topological polar surface area (TPSA) is 86.8 Å². The van der Waals surface area contributed by atoms with E-state index < -0.39 is 40.0 Å². The molecule has 2 amide bonds. The predicted octanol–water partition coefficient (Wildman–Crippen LogP) is 6.62. The van der Waals surface area contributed by atoms with Crippen LogP contribution in [0.3, 0.4) is 0 Å². The second kappa shape index (κ2) is 13.7. The van der Waals surface area contributed by atoms with Crippen LogP contribution in [-0.2, 0) is 32.6 Å². The fourth-order valence-electron chi connectivity index (χ4n) is 4.12. The van der Waals surface area contributed by atoms with Crippen LogP contribution in [0.4, 0.5) is 5.69 Å². The maximum Gasteiger partial charge on any atom is 0.244 e. The Kier molecular flexibility index (Phi) is 11.0. The lowest BCUT2D eigenvalue weighted by molar-refractivity contribution is -0.140. The van der Waals surface area contributed by atoms with E-state index in [1.807, 2.05) is 51.1 Å². The van der Waals surface area contributed by atoms with Crippen molar-refractivity contribution >= 4 is 73.9 Å². The summed E-state index contributed by atoms with van der Waals surface area (Å²) in [6.07, 6.45) is 1.14. The number of nitrogens with one attached hydrogen (secondary N) is 1. The molecule has 7 nitrogen and oxygen atoms in total. The van der Waals surface area contributed by atoms with Gasteiger partial charge < -0.3 is 10.2 Å². The van der Waals surface area contributed by atoms with Gasteiger partial charge in [0, 0.05) is 33.6 Å². The summed E-state index contributed by atoms with van der Waals surface area (Å²) in [5, 5.41) is 4.02. The first kappa shape index (κ1) is 33.0. The number of nitrogens with zero attached hydrogens (tertiary/aromatic N) is 2. The van der Waals surface area contributed by atoms with Gasteiger partial charge in [0.25, 0.3) is 0 Å². The molecule has 0 fully saturated rings. The summed E-state index contributed by atoms with van der Waals surface area (Å²) < 4.78 is 26.7. The number of carbonyl (C=O) groups is 2. The Hall–Kier alpha value is -2.49. The Morgan fingerprint density at radius 2 is 1.46 bits per heavy atom. The number of halogens is 4. The van der Waals surface area contributed by atoms with Crippen LogP contribution in [0.5, 0.6) is 0 Å². The molecule has 0 bridgehead atoms. The van der Waals surface area contributed by atoms with Crippen molar-refractivity contribution in [3.8, 4) is 0 Å². The highest BCUT2D eigenvalue weighted by atomic mass is 35.5. The van der Waals surface area contributed by atoms with Crippen molar-refractivity contribution in [1.82, 2.24) is 10.2 Å². The van der Waals surface area contributed by atoms with Crippen molar-refractivity contribution in [2.24, 2.45) is 0 Å². The molecule has 0 spiro atoms. The molecule has 3 aromatic rings. The van der Waals surface area contributed by atoms with Gasteiger partial charge >= 0.3 is 0 Å². The lowest BCUT2D eigenvalue weighted by atomic mass is 10.0. The molecule has 0 aliphatic heterocycles. The SMILES string of the molecule is CC(C)(C)NC(=O)C(Cc1ccccc1)N(Cc1ccc(Cl)cc1Cl)C(=O)CN(c1ccc(Cl)cc1Cl)S(C)(=O)=O. The van der Waals surface area contributed by atoms with Gasteiger partial charge in [-0.1, -0.05) is 82.8 Å². The van der Waals surface area contributed by atoms with Crippen LogP contribution in [0.25, 0.3) is 0 Å². The fourth-order valence-corrected chi connectivity index (χ4v) is 6.01. The average Bonchev–Trinajstić information content (AvgIpc) is 2.85. The van der Waals surface area contributed by atoms with E-state index in [0.29, 0.717) is 20.6 Å². The maximum atomic E-state index is 14.1. The van der Waals surface area contributed by atoms with Crippen LogP contribution >= 0.6 is 46.4 Å². The van der Waals surface area contributed by atoms with Crippen LogP contribution in [0.1, 0.15) is 31.9 Å². The van der Waals surface area contributed by atoms with E-state index in [2.05, 4.69) is 5.32 Å². The molecule has 12 heteroatoms. The molecule has 3 aromatic carbocycles. The van der Waals surface area contributed by atoms with E-state index in [1.54, 1.807) is 18.2 Å². The minimum atomic E-state index is -3.99. The molecule has 41 heavy (non-hydrogen) atoms. The molecule has 220 valence electrons. The third-order valence-corrected chi connectivity index (χ3v) is 8.23. The van der Waals surface area contributed by atoms with Gasteiger partial charge in [-0.05, 0) is 62.2 Å². The highest BCUT2D eigenvalue weighted by Gasteiger charge is 2.35. The van der Waals surface area contributed by atoms with Crippen molar-refractivity contribution < 1.29 is 18.0 Å². The zero-order valence-corrected chi connectivity index (χ0v) is 26.8. The summed E-state index contributed by atoms with van der Waals surface area (Å²) in [5.41, 5.74) is 0.813. The van der Waals surface area contributed by atoms with Gasteiger partial charge in [-0.25, -0.2) is 8.42 Å². The Morgan fingerprint density at radius 1 is 0.878 bits per heavy atom. The lowest BCUT2D eigenvalue weighted by Crippen LogP contribution is -2.56. The third kappa shape index (κ3) is 9.51. The van der Waals surface area contributed by atoms with E-state index in [0.717, 1.165) is 16.1 Å². The monoisotopic (exact) mass is 657 g/mol. The second-order valence-electron chi connectivity index (χ2n) is 10.6. The number of rotatable bonds is 10. The van der Waals surface area contributed by atoms with Gasteiger partial charge in [-0.3, -0.25) is 13.9 Å². The molecule has 0 saturated carbocycles. The fraction of sp³-hybridized carbons (Fsp3) is 0.310. The van der Waals surface area contributed by atoms with E-state index in [1.165, 1.54) is 23.1 Å². The summed E-state index contributed by atoms with van der Waals surface area (Å²) in [6, 6.07) is 17.3. The van der Waals surface area contributed by atoms with Crippen molar-refractivity contribution in [3.05, 3.63) is 97.9 Å². The average molecular weight is 659 g/mol. The largest absolute Gasteiger partial charge is 0.350 e. The summed E-state index contributed by atoms with van der Waals surface area (Å²) >= 11 is 24.9. The molecule has 0 aliphatic rings. The standard InChI is InChI=1S/C29H31Cl4N3O4S/c1-29(2,3)34-28(38)26(14-19-8-6-5-7-9-19)35(17-20-10-11-21(30)15-23(20)32)27(37)18-36(41(4,39)40)25-13-12-22(31)16-24(25)33/h5-13,15-16,26H,14,17-18H2,1-4H3,(H,34,38). The zero-order valence-electron chi connectivity index (χ0n) is 23.0. The Labute approximate surface area is 261 Å². The predicted molar refractivity (Wildman–Crippen MR) is 167 cm³/mol. The van der Waals surface area contributed by atoms with Gasteiger partial charge in [0.15, 0.2) is 0 Å². The molecule has 0 saturated heterocycles. The number of hydrogen-bond donors (Lipinski definition) is 1. The van der Waals surface area contributed by atoms with Crippen LogP contribution in [0.15, 0.2) is 66.7 Å². The number of carbonyl (C=O) groups excluding carboxylic acids is 2. The Balaban J connectivity index is 2.12. The molecular formula is C29H31Cl4N3O4S. The molecule has 3 rings (SSSR count). The first-order valence-corrected chi connectivity index (χ1v) is 15.9. The highest BCUT2D eigenvalue weighted by Crippen LogP contribution is 2.31. The summed E-state index contributed by atoms with van der Waals surface area (Å²) in [5.74, 6) is -1.05. The van der Waals surface area contributed by atoms with Gasteiger partial charge in [0.2, 0.25) is 21.8 Å². The maximum absolute atomic E-state index is 14.1. The van der Waals surface area contributed by atoms with Gasteiger partial charge in [-0.15, -0.1) is 0 Å². The molecule has 1 unspecified atom stereocenters. The number of amides is 2. The molecule has 1 atom stereocenters. The van der Waals surface area contributed by atoms with Crippen LogP contribution in [-0.4, -0.2) is 49.5 Å². The number of hydrogen-bond acceptors (Lipinski definition) is 4.